The van der Waals surface area contributed by atoms with Crippen molar-refractivity contribution in [3.8, 4) is 5.88 Å². The topological polar surface area (TPSA) is 102 Å². The van der Waals surface area contributed by atoms with Crippen LogP contribution in [0.5, 0.6) is 5.88 Å². The van der Waals surface area contributed by atoms with Crippen LogP contribution in [-0.2, 0) is 16.6 Å². The second kappa shape index (κ2) is 6.73. The Morgan fingerprint density at radius 3 is 3.00 bits per heavy atom. The van der Waals surface area contributed by atoms with Gasteiger partial charge in [0, 0.05) is 25.4 Å². The first-order valence-corrected chi connectivity index (χ1v) is 9.26. The molecule has 1 aliphatic heterocycles. The predicted molar refractivity (Wildman–Crippen MR) is 88.4 cm³/mol. The number of nitrogens with one attached hydrogen (secondary N) is 1. The van der Waals surface area contributed by atoms with E-state index >= 15 is 0 Å². The lowest BCUT2D eigenvalue weighted by molar-refractivity contribution is 0.395. The molecule has 1 N–H and O–H groups in total. The second-order valence-electron chi connectivity index (χ2n) is 5.50. The highest BCUT2D eigenvalue weighted by molar-refractivity contribution is 7.89. The number of hydrogen-bond donors (Lipinski definition) is 1. The Balaban J connectivity index is 1.82. The Bertz CT molecular complexity index is 806. The molecule has 3 heterocycles. The quantitative estimate of drug-likeness (QED) is 0.791. The number of methoxy groups -OCH3 is 1. The second-order valence-corrected chi connectivity index (χ2v) is 7.59. The number of ether oxygens (including phenoxy) is 1. The summed E-state index contributed by atoms with van der Waals surface area (Å²) >= 11 is 0. The van der Waals surface area contributed by atoms with E-state index < -0.39 is 10.0 Å². The van der Waals surface area contributed by atoms with Crippen LogP contribution >= 0.6 is 0 Å². The summed E-state index contributed by atoms with van der Waals surface area (Å²) in [6.07, 6.45) is 4.97. The fourth-order valence-electron chi connectivity index (χ4n) is 2.66. The van der Waals surface area contributed by atoms with Crippen molar-refractivity contribution < 1.29 is 13.2 Å². The molecule has 130 valence electrons. The number of anilines is 1. The molecule has 9 nitrogen and oxygen atoms in total. The highest BCUT2D eigenvalue weighted by Gasteiger charge is 2.27. The summed E-state index contributed by atoms with van der Waals surface area (Å²) in [6, 6.07) is 1.69. The van der Waals surface area contributed by atoms with Crippen molar-refractivity contribution in [2.24, 2.45) is 0 Å². The van der Waals surface area contributed by atoms with Gasteiger partial charge < -0.3 is 14.2 Å². The van der Waals surface area contributed by atoms with Gasteiger partial charge in [-0.1, -0.05) is 0 Å². The van der Waals surface area contributed by atoms with Gasteiger partial charge >= 0.3 is 0 Å². The molecule has 0 radical (unpaired) electrons. The Kier molecular flexibility index (Phi) is 4.67. The van der Waals surface area contributed by atoms with E-state index in [1.54, 1.807) is 32.6 Å². The first kappa shape index (κ1) is 16.7. The lowest BCUT2D eigenvalue weighted by atomic mass is 10.2. The zero-order chi connectivity index (χ0) is 17.2. The van der Waals surface area contributed by atoms with Crippen LogP contribution in [0.15, 0.2) is 24.9 Å². The fraction of sp³-hybridized carbons (Fsp3) is 0.500. The maximum atomic E-state index is 11.7. The van der Waals surface area contributed by atoms with E-state index in [2.05, 4.69) is 24.6 Å². The molecule has 3 rings (SSSR count). The van der Waals surface area contributed by atoms with Crippen LogP contribution in [0, 0.1) is 0 Å². The van der Waals surface area contributed by atoms with Crippen molar-refractivity contribution in [1.82, 2.24) is 24.2 Å². The number of imidazole rings is 1. The number of hydrogen-bond acceptors (Lipinski definition) is 7. The Hall–Kier alpha value is -2.20. The molecule has 0 saturated heterocycles. The average Bonchev–Trinajstić information content (AvgIpc) is 3.08. The van der Waals surface area contributed by atoms with Gasteiger partial charge in [-0.25, -0.2) is 28.1 Å². The van der Waals surface area contributed by atoms with Crippen LogP contribution in [0.2, 0.25) is 0 Å². The molecule has 2 aromatic rings. The van der Waals surface area contributed by atoms with E-state index in [0.29, 0.717) is 25.5 Å². The number of sulfonamides is 1. The van der Waals surface area contributed by atoms with Gasteiger partial charge in [-0.15, -0.1) is 0 Å². The minimum atomic E-state index is -3.25. The van der Waals surface area contributed by atoms with Gasteiger partial charge in [0.05, 0.1) is 37.5 Å². The molecule has 0 spiro atoms. The molecule has 24 heavy (non-hydrogen) atoms. The molecule has 1 aliphatic rings. The SMILES string of the molecule is CCS(=O)(=O)NCC1CN(c2cc(OC)ncn2)Cc2cncn21. The molecule has 0 bridgehead atoms. The van der Waals surface area contributed by atoms with Gasteiger partial charge in [0.1, 0.15) is 12.1 Å². The molecule has 0 aromatic carbocycles. The Morgan fingerprint density at radius 2 is 2.25 bits per heavy atom. The lowest BCUT2D eigenvalue weighted by Crippen LogP contribution is -2.43. The summed E-state index contributed by atoms with van der Waals surface area (Å²) < 4.78 is 33.3. The summed E-state index contributed by atoms with van der Waals surface area (Å²) in [4.78, 5) is 14.6. The van der Waals surface area contributed by atoms with Crippen molar-refractivity contribution >= 4 is 15.8 Å². The summed E-state index contributed by atoms with van der Waals surface area (Å²) in [5, 5.41) is 0. The zero-order valence-electron chi connectivity index (χ0n) is 13.6. The normalized spacial score (nSPS) is 17.6. The predicted octanol–water partition coefficient (Wildman–Crippen LogP) is 0.182. The van der Waals surface area contributed by atoms with Gasteiger partial charge in [0.25, 0.3) is 0 Å². The van der Waals surface area contributed by atoms with Gasteiger partial charge in [0.15, 0.2) is 0 Å². The van der Waals surface area contributed by atoms with Gasteiger partial charge in [-0.05, 0) is 6.92 Å². The van der Waals surface area contributed by atoms with Crippen molar-refractivity contribution in [3.63, 3.8) is 0 Å². The highest BCUT2D eigenvalue weighted by Crippen LogP contribution is 2.26. The van der Waals surface area contributed by atoms with Crippen molar-refractivity contribution in [2.45, 2.75) is 19.5 Å². The van der Waals surface area contributed by atoms with E-state index in [-0.39, 0.29) is 11.8 Å². The maximum absolute atomic E-state index is 11.7. The minimum absolute atomic E-state index is 0.0589. The minimum Gasteiger partial charge on any atom is -0.481 e. The van der Waals surface area contributed by atoms with E-state index in [1.807, 2.05) is 4.57 Å². The van der Waals surface area contributed by atoms with Gasteiger partial charge in [-0.3, -0.25) is 0 Å². The number of aromatic nitrogens is 4. The first-order chi connectivity index (χ1) is 11.5. The molecule has 0 aliphatic carbocycles. The van der Waals surface area contributed by atoms with Crippen LogP contribution in [0.3, 0.4) is 0 Å². The summed E-state index contributed by atoms with van der Waals surface area (Å²) in [5.41, 5.74) is 1.000. The standard InChI is InChI=1S/C14H20N6O3S/c1-3-24(21,22)18-6-12-8-19(7-11-5-15-10-20(11)12)13-4-14(23-2)17-9-16-13/h4-5,9-10,12,18H,3,6-8H2,1-2H3. The molecule has 1 atom stereocenters. The van der Waals surface area contributed by atoms with E-state index in [4.69, 9.17) is 4.74 Å². The molecule has 10 heteroatoms. The maximum Gasteiger partial charge on any atom is 0.218 e. The number of fused-ring (bicyclic) bond motifs is 1. The van der Waals surface area contributed by atoms with Crippen LogP contribution in [-0.4, -0.2) is 53.9 Å². The van der Waals surface area contributed by atoms with Crippen molar-refractivity contribution in [3.05, 3.63) is 30.6 Å². The van der Waals surface area contributed by atoms with Crippen LogP contribution in [0.4, 0.5) is 5.82 Å². The summed E-state index contributed by atoms with van der Waals surface area (Å²) in [7, 11) is -1.69. The van der Waals surface area contributed by atoms with Crippen LogP contribution in [0.1, 0.15) is 18.7 Å². The average molecular weight is 352 g/mol. The monoisotopic (exact) mass is 352 g/mol. The Morgan fingerprint density at radius 1 is 1.42 bits per heavy atom. The zero-order valence-corrected chi connectivity index (χ0v) is 14.4. The van der Waals surface area contributed by atoms with E-state index in [1.165, 1.54) is 6.33 Å². The molecule has 0 amide bonds. The third-order valence-corrected chi connectivity index (χ3v) is 5.37. The van der Waals surface area contributed by atoms with E-state index in [0.717, 1.165) is 11.5 Å². The highest BCUT2D eigenvalue weighted by atomic mass is 32.2. The fourth-order valence-corrected chi connectivity index (χ4v) is 3.31. The van der Waals surface area contributed by atoms with Crippen molar-refractivity contribution in [1.29, 1.82) is 0 Å². The van der Waals surface area contributed by atoms with Crippen LogP contribution < -0.4 is 14.4 Å². The number of rotatable bonds is 6. The van der Waals surface area contributed by atoms with E-state index in [9.17, 15) is 8.42 Å². The lowest BCUT2D eigenvalue weighted by Gasteiger charge is -2.35. The molecule has 2 aromatic heterocycles. The summed E-state index contributed by atoms with van der Waals surface area (Å²) in [6.45, 7) is 3.16. The first-order valence-electron chi connectivity index (χ1n) is 7.61. The molecule has 0 fully saturated rings. The van der Waals surface area contributed by atoms with Crippen molar-refractivity contribution in [2.75, 3.05) is 30.9 Å². The van der Waals surface area contributed by atoms with Crippen LogP contribution in [0.25, 0.3) is 0 Å². The number of nitrogens with zero attached hydrogens (tertiary/aromatic N) is 5. The third-order valence-electron chi connectivity index (χ3n) is 4.00. The van der Waals surface area contributed by atoms with Gasteiger partial charge in [-0.2, -0.15) is 0 Å². The third kappa shape index (κ3) is 3.49. The molecule has 1 unspecified atom stereocenters. The molecular formula is C14H20N6O3S. The molecule has 0 saturated carbocycles. The summed E-state index contributed by atoms with van der Waals surface area (Å²) in [5.74, 6) is 1.28. The Labute approximate surface area is 140 Å². The smallest absolute Gasteiger partial charge is 0.218 e. The largest absolute Gasteiger partial charge is 0.481 e. The molecular weight excluding hydrogens is 332 g/mol. The van der Waals surface area contributed by atoms with Gasteiger partial charge in [0.2, 0.25) is 15.9 Å².